The maximum Gasteiger partial charge on any atom is 0.0613 e. The Hall–Kier alpha value is -0.0800. The first-order valence-electron chi connectivity index (χ1n) is 7.01. The van der Waals surface area contributed by atoms with Crippen LogP contribution in [-0.2, 0) is 0 Å². The summed E-state index contributed by atoms with van der Waals surface area (Å²) < 4.78 is 0. The van der Waals surface area contributed by atoms with Crippen LogP contribution in [0.1, 0.15) is 65.7 Å². The van der Waals surface area contributed by atoms with E-state index in [0.717, 1.165) is 0 Å². The van der Waals surface area contributed by atoms with Gasteiger partial charge in [0.2, 0.25) is 0 Å². The highest BCUT2D eigenvalue weighted by Crippen LogP contribution is 2.32. The van der Waals surface area contributed by atoms with Crippen molar-refractivity contribution in [2.75, 3.05) is 6.61 Å². The first-order chi connectivity index (χ1) is 7.62. The minimum absolute atomic E-state index is 0.0605. The molecule has 2 atom stereocenters. The van der Waals surface area contributed by atoms with Gasteiger partial charge in [-0.3, -0.25) is 0 Å². The standard InChI is InChI=1S/C14H29NO/c1-4-8-12(2)15-14(3,11-16)13-9-6-5-7-10-13/h12-13,15-16H,4-11H2,1-3H3. The fraction of sp³-hybridized carbons (Fsp3) is 1.00. The van der Waals surface area contributed by atoms with Gasteiger partial charge in [-0.15, -0.1) is 0 Å². The first-order valence-corrected chi connectivity index (χ1v) is 7.01. The van der Waals surface area contributed by atoms with E-state index >= 15 is 0 Å². The molecule has 2 nitrogen and oxygen atoms in total. The van der Waals surface area contributed by atoms with E-state index in [1.54, 1.807) is 0 Å². The molecule has 0 saturated heterocycles. The van der Waals surface area contributed by atoms with Crippen molar-refractivity contribution in [1.82, 2.24) is 5.32 Å². The summed E-state index contributed by atoms with van der Waals surface area (Å²) in [6, 6.07) is 0.518. The lowest BCUT2D eigenvalue weighted by molar-refractivity contribution is 0.0848. The van der Waals surface area contributed by atoms with Gasteiger partial charge in [-0.1, -0.05) is 32.6 Å². The fourth-order valence-electron chi connectivity index (χ4n) is 3.10. The van der Waals surface area contributed by atoms with Gasteiger partial charge in [0.25, 0.3) is 0 Å². The number of hydrogen-bond donors (Lipinski definition) is 2. The normalized spacial score (nSPS) is 24.0. The van der Waals surface area contributed by atoms with Crippen LogP contribution in [0.3, 0.4) is 0 Å². The van der Waals surface area contributed by atoms with Crippen LogP contribution >= 0.6 is 0 Å². The summed E-state index contributed by atoms with van der Waals surface area (Å²) in [4.78, 5) is 0. The minimum atomic E-state index is -0.0605. The lowest BCUT2D eigenvalue weighted by Gasteiger charge is -2.41. The Bertz CT molecular complexity index is 189. The molecule has 1 aliphatic rings. The molecular weight excluding hydrogens is 198 g/mol. The van der Waals surface area contributed by atoms with Crippen molar-refractivity contribution in [1.29, 1.82) is 0 Å². The number of hydrogen-bond acceptors (Lipinski definition) is 2. The molecule has 0 aromatic carbocycles. The summed E-state index contributed by atoms with van der Waals surface area (Å²) in [5.41, 5.74) is -0.0605. The van der Waals surface area contributed by atoms with Gasteiger partial charge in [-0.25, -0.2) is 0 Å². The lowest BCUT2D eigenvalue weighted by atomic mass is 9.75. The maximum absolute atomic E-state index is 9.69. The molecule has 0 aromatic heterocycles. The predicted octanol–water partition coefficient (Wildman–Crippen LogP) is 3.10. The first kappa shape index (κ1) is 14.0. The molecule has 1 rings (SSSR count). The summed E-state index contributed by atoms with van der Waals surface area (Å²) in [6.07, 6.45) is 9.02. The Morgan fingerprint density at radius 3 is 2.44 bits per heavy atom. The molecular formula is C14H29NO. The van der Waals surface area contributed by atoms with Crippen molar-refractivity contribution in [2.24, 2.45) is 5.92 Å². The number of rotatable bonds is 6. The topological polar surface area (TPSA) is 32.3 Å². The summed E-state index contributed by atoms with van der Waals surface area (Å²) in [5, 5.41) is 13.4. The van der Waals surface area contributed by atoms with E-state index in [9.17, 15) is 5.11 Å². The van der Waals surface area contributed by atoms with Gasteiger partial charge in [0.15, 0.2) is 0 Å². The summed E-state index contributed by atoms with van der Waals surface area (Å²) in [7, 11) is 0. The highest BCUT2D eigenvalue weighted by Gasteiger charge is 2.34. The van der Waals surface area contributed by atoms with Crippen molar-refractivity contribution in [3.8, 4) is 0 Å². The third-order valence-electron chi connectivity index (χ3n) is 4.13. The van der Waals surface area contributed by atoms with Gasteiger partial charge < -0.3 is 10.4 Å². The Morgan fingerprint density at radius 2 is 1.94 bits per heavy atom. The van der Waals surface area contributed by atoms with E-state index in [2.05, 4.69) is 26.1 Å². The highest BCUT2D eigenvalue weighted by atomic mass is 16.3. The van der Waals surface area contributed by atoms with Crippen LogP contribution in [0.2, 0.25) is 0 Å². The smallest absolute Gasteiger partial charge is 0.0613 e. The Balaban J connectivity index is 2.53. The fourth-order valence-corrected chi connectivity index (χ4v) is 3.10. The van der Waals surface area contributed by atoms with E-state index in [4.69, 9.17) is 0 Å². The molecule has 2 N–H and O–H groups in total. The Morgan fingerprint density at radius 1 is 1.31 bits per heavy atom. The zero-order valence-electron chi connectivity index (χ0n) is 11.3. The van der Waals surface area contributed by atoms with Gasteiger partial charge in [0, 0.05) is 11.6 Å². The zero-order valence-corrected chi connectivity index (χ0v) is 11.3. The maximum atomic E-state index is 9.69. The summed E-state index contributed by atoms with van der Waals surface area (Å²) in [6.45, 7) is 6.93. The molecule has 96 valence electrons. The van der Waals surface area contributed by atoms with Crippen molar-refractivity contribution >= 4 is 0 Å². The Kier molecular flexibility index (Phi) is 5.77. The van der Waals surface area contributed by atoms with E-state index in [1.807, 2.05) is 0 Å². The highest BCUT2D eigenvalue weighted by molar-refractivity contribution is 4.92. The predicted molar refractivity (Wildman–Crippen MR) is 69.6 cm³/mol. The SMILES string of the molecule is CCCC(C)NC(C)(CO)C1CCCCC1. The van der Waals surface area contributed by atoms with Crippen LogP contribution in [0, 0.1) is 5.92 Å². The van der Waals surface area contributed by atoms with Crippen LogP contribution in [0.5, 0.6) is 0 Å². The molecule has 0 heterocycles. The van der Waals surface area contributed by atoms with Crippen molar-refractivity contribution in [3.63, 3.8) is 0 Å². The molecule has 0 aromatic rings. The van der Waals surface area contributed by atoms with Gasteiger partial charge in [0.05, 0.1) is 6.61 Å². The van der Waals surface area contributed by atoms with Crippen LogP contribution in [0.4, 0.5) is 0 Å². The van der Waals surface area contributed by atoms with Crippen molar-refractivity contribution in [3.05, 3.63) is 0 Å². The monoisotopic (exact) mass is 227 g/mol. The van der Waals surface area contributed by atoms with Crippen LogP contribution < -0.4 is 5.32 Å². The van der Waals surface area contributed by atoms with Crippen molar-refractivity contribution < 1.29 is 5.11 Å². The molecule has 1 fully saturated rings. The quantitative estimate of drug-likeness (QED) is 0.731. The second kappa shape index (κ2) is 6.61. The van der Waals surface area contributed by atoms with E-state index < -0.39 is 0 Å². The summed E-state index contributed by atoms with van der Waals surface area (Å²) in [5.74, 6) is 0.658. The van der Waals surface area contributed by atoms with Crippen LogP contribution in [0.15, 0.2) is 0 Å². The van der Waals surface area contributed by atoms with Crippen LogP contribution in [-0.4, -0.2) is 23.3 Å². The third kappa shape index (κ3) is 3.74. The molecule has 0 spiro atoms. The van der Waals surface area contributed by atoms with Gasteiger partial charge in [-0.05, 0) is 39.0 Å². The molecule has 2 heteroatoms. The van der Waals surface area contributed by atoms with E-state index in [-0.39, 0.29) is 12.1 Å². The van der Waals surface area contributed by atoms with Crippen LogP contribution in [0.25, 0.3) is 0 Å². The lowest BCUT2D eigenvalue weighted by Crippen LogP contribution is -2.55. The molecule has 0 amide bonds. The molecule has 16 heavy (non-hydrogen) atoms. The van der Waals surface area contributed by atoms with Gasteiger partial charge >= 0.3 is 0 Å². The average Bonchev–Trinajstić information content (AvgIpc) is 2.30. The van der Waals surface area contributed by atoms with Gasteiger partial charge in [0.1, 0.15) is 0 Å². The minimum Gasteiger partial charge on any atom is -0.394 e. The average molecular weight is 227 g/mol. The molecule has 2 unspecified atom stereocenters. The Labute approximate surface area is 101 Å². The molecule has 1 aliphatic carbocycles. The van der Waals surface area contributed by atoms with Crippen molar-refractivity contribution in [2.45, 2.75) is 77.3 Å². The summed E-state index contributed by atoms with van der Waals surface area (Å²) >= 11 is 0. The third-order valence-corrected chi connectivity index (χ3v) is 4.13. The van der Waals surface area contributed by atoms with Gasteiger partial charge in [-0.2, -0.15) is 0 Å². The molecule has 0 bridgehead atoms. The number of aliphatic hydroxyl groups is 1. The molecule has 0 radical (unpaired) electrons. The van der Waals surface area contributed by atoms with E-state index in [1.165, 1.54) is 44.9 Å². The second-order valence-electron chi connectivity index (χ2n) is 5.74. The molecule has 1 saturated carbocycles. The number of nitrogens with one attached hydrogen (secondary N) is 1. The zero-order chi connectivity index (χ0) is 12.0. The number of aliphatic hydroxyl groups excluding tert-OH is 1. The molecule has 0 aliphatic heterocycles. The largest absolute Gasteiger partial charge is 0.394 e. The van der Waals surface area contributed by atoms with E-state index in [0.29, 0.717) is 12.0 Å². The second-order valence-corrected chi connectivity index (χ2v) is 5.74.